The Bertz CT molecular complexity index is 546. The normalized spacial score (nSPS) is 16.1. The highest BCUT2D eigenvalue weighted by Gasteiger charge is 2.26. The molecule has 1 saturated heterocycles. The fourth-order valence-electron chi connectivity index (χ4n) is 2.49. The number of amides is 1. The highest BCUT2D eigenvalue weighted by molar-refractivity contribution is 5.70. The third-order valence-corrected chi connectivity index (χ3v) is 3.61. The van der Waals surface area contributed by atoms with E-state index in [1.165, 1.54) is 0 Å². The zero-order valence-electron chi connectivity index (χ0n) is 11.2. The SMILES string of the molecule is O=C(Oc1ccccc1)N1CCC(c2ncc[nH]2)CC1. The average molecular weight is 271 g/mol. The van der Waals surface area contributed by atoms with Crippen molar-refractivity contribution >= 4 is 6.09 Å². The van der Waals surface area contributed by atoms with Crippen LogP contribution in [0.5, 0.6) is 5.75 Å². The van der Waals surface area contributed by atoms with Gasteiger partial charge in [-0.3, -0.25) is 0 Å². The van der Waals surface area contributed by atoms with Crippen molar-refractivity contribution in [3.8, 4) is 5.75 Å². The summed E-state index contributed by atoms with van der Waals surface area (Å²) in [5.41, 5.74) is 0. The molecule has 0 spiro atoms. The second-order valence-electron chi connectivity index (χ2n) is 4.92. The molecule has 1 aromatic heterocycles. The van der Waals surface area contributed by atoms with Crippen molar-refractivity contribution in [1.82, 2.24) is 14.9 Å². The van der Waals surface area contributed by atoms with Gasteiger partial charge in [0, 0.05) is 31.4 Å². The van der Waals surface area contributed by atoms with Crippen molar-refractivity contribution in [1.29, 1.82) is 0 Å². The summed E-state index contributed by atoms with van der Waals surface area (Å²) in [6, 6.07) is 9.17. The van der Waals surface area contributed by atoms with Gasteiger partial charge in [0.05, 0.1) is 0 Å². The number of nitrogens with zero attached hydrogens (tertiary/aromatic N) is 2. The molecule has 2 heterocycles. The molecular formula is C15H17N3O2. The highest BCUT2D eigenvalue weighted by Crippen LogP contribution is 2.25. The van der Waals surface area contributed by atoms with E-state index in [1.807, 2.05) is 24.4 Å². The van der Waals surface area contributed by atoms with E-state index in [-0.39, 0.29) is 6.09 Å². The molecule has 0 aliphatic carbocycles. The number of ether oxygens (including phenoxy) is 1. The molecule has 3 rings (SSSR count). The van der Waals surface area contributed by atoms with Gasteiger partial charge in [-0.15, -0.1) is 0 Å². The number of hydrogen-bond donors (Lipinski definition) is 1. The molecule has 5 nitrogen and oxygen atoms in total. The Morgan fingerprint density at radius 3 is 2.65 bits per heavy atom. The van der Waals surface area contributed by atoms with Gasteiger partial charge in [-0.2, -0.15) is 0 Å². The standard InChI is InChI=1S/C15H17N3O2/c19-15(20-13-4-2-1-3-5-13)18-10-6-12(7-11-18)14-16-8-9-17-14/h1-5,8-9,12H,6-7,10-11H2,(H,16,17). The number of H-pyrrole nitrogens is 1. The molecule has 20 heavy (non-hydrogen) atoms. The lowest BCUT2D eigenvalue weighted by Gasteiger charge is -2.30. The van der Waals surface area contributed by atoms with Crippen molar-refractivity contribution in [3.05, 3.63) is 48.5 Å². The van der Waals surface area contributed by atoms with E-state index >= 15 is 0 Å². The number of piperidine rings is 1. The van der Waals surface area contributed by atoms with Crippen molar-refractivity contribution in [2.75, 3.05) is 13.1 Å². The number of nitrogens with one attached hydrogen (secondary N) is 1. The van der Waals surface area contributed by atoms with Crippen LogP contribution in [0.15, 0.2) is 42.7 Å². The molecule has 1 aliphatic rings. The molecule has 1 aromatic carbocycles. The first-order chi connectivity index (χ1) is 9.83. The number of benzene rings is 1. The number of aromatic amines is 1. The second kappa shape index (κ2) is 5.77. The monoisotopic (exact) mass is 271 g/mol. The van der Waals surface area contributed by atoms with Crippen LogP contribution in [0.3, 0.4) is 0 Å². The van der Waals surface area contributed by atoms with Crippen molar-refractivity contribution < 1.29 is 9.53 Å². The Labute approximate surface area is 117 Å². The van der Waals surface area contributed by atoms with E-state index in [2.05, 4.69) is 9.97 Å². The van der Waals surface area contributed by atoms with Gasteiger partial charge in [0.1, 0.15) is 11.6 Å². The molecule has 2 aromatic rings. The van der Waals surface area contributed by atoms with Crippen LogP contribution in [0.4, 0.5) is 4.79 Å². The minimum atomic E-state index is -0.269. The minimum Gasteiger partial charge on any atom is -0.410 e. The predicted octanol–water partition coefficient (Wildman–Crippen LogP) is 2.79. The molecular weight excluding hydrogens is 254 g/mol. The number of imidazole rings is 1. The number of carbonyl (C=O) groups is 1. The molecule has 1 fully saturated rings. The van der Waals surface area contributed by atoms with Gasteiger partial charge in [0.2, 0.25) is 0 Å². The number of likely N-dealkylation sites (tertiary alicyclic amines) is 1. The quantitative estimate of drug-likeness (QED) is 0.913. The van der Waals surface area contributed by atoms with Crippen LogP contribution in [0, 0.1) is 0 Å². The van der Waals surface area contributed by atoms with Crippen molar-refractivity contribution in [2.24, 2.45) is 0 Å². The summed E-state index contributed by atoms with van der Waals surface area (Å²) in [7, 11) is 0. The first kappa shape index (κ1) is 12.7. The van der Waals surface area contributed by atoms with Crippen LogP contribution >= 0.6 is 0 Å². The van der Waals surface area contributed by atoms with Crippen LogP contribution in [0.25, 0.3) is 0 Å². The maximum absolute atomic E-state index is 12.0. The topological polar surface area (TPSA) is 58.2 Å². The molecule has 1 N–H and O–H groups in total. The Kier molecular flexibility index (Phi) is 3.67. The molecule has 0 radical (unpaired) electrons. The lowest BCUT2D eigenvalue weighted by atomic mass is 9.96. The molecule has 0 unspecified atom stereocenters. The van der Waals surface area contributed by atoms with Gasteiger partial charge in [-0.1, -0.05) is 18.2 Å². The summed E-state index contributed by atoms with van der Waals surface area (Å²) >= 11 is 0. The number of para-hydroxylation sites is 1. The maximum atomic E-state index is 12.0. The molecule has 1 amide bonds. The van der Waals surface area contributed by atoms with Gasteiger partial charge < -0.3 is 14.6 Å². The van der Waals surface area contributed by atoms with Gasteiger partial charge in [-0.05, 0) is 25.0 Å². The fraction of sp³-hybridized carbons (Fsp3) is 0.333. The molecule has 1 aliphatic heterocycles. The van der Waals surface area contributed by atoms with Crippen LogP contribution < -0.4 is 4.74 Å². The molecule has 0 bridgehead atoms. The van der Waals surface area contributed by atoms with Crippen molar-refractivity contribution in [3.63, 3.8) is 0 Å². The smallest absolute Gasteiger partial charge is 0.410 e. The number of hydrogen-bond acceptors (Lipinski definition) is 3. The van der Waals surface area contributed by atoms with Gasteiger partial charge in [0.15, 0.2) is 0 Å². The lowest BCUT2D eigenvalue weighted by Crippen LogP contribution is -2.39. The molecule has 0 atom stereocenters. The van der Waals surface area contributed by atoms with Gasteiger partial charge in [0.25, 0.3) is 0 Å². The minimum absolute atomic E-state index is 0.269. The summed E-state index contributed by atoms with van der Waals surface area (Å²) in [4.78, 5) is 21.2. The van der Waals surface area contributed by atoms with E-state index < -0.39 is 0 Å². The second-order valence-corrected chi connectivity index (χ2v) is 4.92. The molecule has 104 valence electrons. The summed E-state index contributed by atoms with van der Waals surface area (Å²) in [6.07, 6.45) is 5.17. The van der Waals surface area contributed by atoms with Crippen LogP contribution in [-0.2, 0) is 0 Å². The third kappa shape index (κ3) is 2.82. The molecule has 0 saturated carbocycles. The lowest BCUT2D eigenvalue weighted by molar-refractivity contribution is 0.138. The Morgan fingerprint density at radius 2 is 2.00 bits per heavy atom. The number of aromatic nitrogens is 2. The predicted molar refractivity (Wildman–Crippen MR) is 74.6 cm³/mol. The fourth-order valence-corrected chi connectivity index (χ4v) is 2.49. The van der Waals surface area contributed by atoms with Crippen LogP contribution in [-0.4, -0.2) is 34.1 Å². The third-order valence-electron chi connectivity index (χ3n) is 3.61. The first-order valence-electron chi connectivity index (χ1n) is 6.84. The van der Waals surface area contributed by atoms with E-state index in [0.717, 1.165) is 18.7 Å². The summed E-state index contributed by atoms with van der Waals surface area (Å²) < 4.78 is 5.34. The number of carbonyl (C=O) groups excluding carboxylic acids is 1. The van der Waals surface area contributed by atoms with Crippen molar-refractivity contribution in [2.45, 2.75) is 18.8 Å². The Morgan fingerprint density at radius 1 is 1.25 bits per heavy atom. The van der Waals surface area contributed by atoms with Gasteiger partial charge >= 0.3 is 6.09 Å². The van der Waals surface area contributed by atoms with Crippen LogP contribution in [0.2, 0.25) is 0 Å². The summed E-state index contributed by atoms with van der Waals surface area (Å²) in [6.45, 7) is 1.41. The zero-order chi connectivity index (χ0) is 13.8. The maximum Gasteiger partial charge on any atom is 0.415 e. The highest BCUT2D eigenvalue weighted by atomic mass is 16.6. The summed E-state index contributed by atoms with van der Waals surface area (Å²) in [5, 5.41) is 0. The average Bonchev–Trinajstić information content (AvgIpc) is 3.03. The Hall–Kier alpha value is -2.30. The van der Waals surface area contributed by atoms with E-state index in [9.17, 15) is 4.79 Å². The Balaban J connectivity index is 1.54. The number of rotatable bonds is 2. The van der Waals surface area contributed by atoms with Crippen LogP contribution in [0.1, 0.15) is 24.6 Å². The van der Waals surface area contributed by atoms with E-state index in [1.54, 1.807) is 23.2 Å². The van der Waals surface area contributed by atoms with E-state index in [4.69, 9.17) is 4.74 Å². The van der Waals surface area contributed by atoms with E-state index in [0.29, 0.717) is 24.8 Å². The largest absolute Gasteiger partial charge is 0.415 e. The zero-order valence-corrected chi connectivity index (χ0v) is 11.2. The molecule has 5 heteroatoms. The first-order valence-corrected chi connectivity index (χ1v) is 6.84. The van der Waals surface area contributed by atoms with Gasteiger partial charge in [-0.25, -0.2) is 9.78 Å². The summed E-state index contributed by atoms with van der Waals surface area (Å²) in [5.74, 6) is 2.01.